The van der Waals surface area contributed by atoms with E-state index in [2.05, 4.69) is 23.7 Å². The Hall–Kier alpha value is -3.45. The standard InChI is InChI=1S/C26H30N4O3/c1-3-15-29-22-9-5-6-10-23(22)30(26(33)25(29)32)18-19-11-13-20(14-12-19)24(31)27-17-21-8-7-16-28(21)4-2/h3,5-6,9-14,21H,1,4,7-8,15-18H2,2H3,(H,27,31)/t21-/m1/s1. The molecule has 0 bridgehead atoms. The number of fused-ring (bicyclic) bond motifs is 1. The van der Waals surface area contributed by atoms with Crippen molar-refractivity contribution in [3.63, 3.8) is 0 Å². The van der Waals surface area contributed by atoms with E-state index in [4.69, 9.17) is 0 Å². The Morgan fingerprint density at radius 2 is 1.73 bits per heavy atom. The van der Waals surface area contributed by atoms with Crippen LogP contribution in [-0.4, -0.2) is 45.6 Å². The smallest absolute Gasteiger partial charge is 0.317 e. The Morgan fingerprint density at radius 1 is 1.06 bits per heavy atom. The van der Waals surface area contributed by atoms with Crippen molar-refractivity contribution in [3.8, 4) is 0 Å². The van der Waals surface area contributed by atoms with E-state index in [0.29, 0.717) is 29.2 Å². The van der Waals surface area contributed by atoms with Crippen LogP contribution in [0.25, 0.3) is 11.0 Å². The van der Waals surface area contributed by atoms with E-state index >= 15 is 0 Å². The SMILES string of the molecule is C=CCn1c(=O)c(=O)n(Cc2ccc(C(=O)NC[C@H]3CCCN3CC)cc2)c2ccccc21. The normalized spacial score (nSPS) is 16.2. The number of hydrogen-bond acceptors (Lipinski definition) is 4. The van der Waals surface area contributed by atoms with Gasteiger partial charge in [0.2, 0.25) is 0 Å². The predicted octanol–water partition coefficient (Wildman–Crippen LogP) is 2.61. The van der Waals surface area contributed by atoms with Crippen LogP contribution in [0.2, 0.25) is 0 Å². The van der Waals surface area contributed by atoms with Crippen molar-refractivity contribution < 1.29 is 4.79 Å². The fourth-order valence-corrected chi connectivity index (χ4v) is 4.64. The first-order valence-corrected chi connectivity index (χ1v) is 11.5. The van der Waals surface area contributed by atoms with Gasteiger partial charge in [0.25, 0.3) is 5.91 Å². The molecule has 1 fully saturated rings. The van der Waals surface area contributed by atoms with Crippen LogP contribution in [0.5, 0.6) is 0 Å². The molecule has 172 valence electrons. The Balaban J connectivity index is 1.53. The van der Waals surface area contributed by atoms with Crippen LogP contribution < -0.4 is 16.4 Å². The topological polar surface area (TPSA) is 76.3 Å². The summed E-state index contributed by atoms with van der Waals surface area (Å²) in [6, 6.07) is 15.0. The molecule has 7 heteroatoms. The summed E-state index contributed by atoms with van der Waals surface area (Å²) in [6.45, 7) is 9.10. The van der Waals surface area contributed by atoms with Gasteiger partial charge in [-0.05, 0) is 55.8 Å². The molecule has 1 amide bonds. The molecule has 3 aromatic rings. The number of rotatable bonds is 8. The van der Waals surface area contributed by atoms with E-state index in [9.17, 15) is 14.4 Å². The number of hydrogen-bond donors (Lipinski definition) is 1. The van der Waals surface area contributed by atoms with Crippen molar-refractivity contribution in [2.75, 3.05) is 19.6 Å². The lowest BCUT2D eigenvalue weighted by Crippen LogP contribution is -2.41. The third kappa shape index (κ3) is 4.68. The van der Waals surface area contributed by atoms with Crippen molar-refractivity contribution in [1.82, 2.24) is 19.4 Å². The molecular formula is C26H30N4O3. The number of benzene rings is 2. The van der Waals surface area contributed by atoms with E-state index in [0.717, 1.165) is 25.1 Å². The van der Waals surface area contributed by atoms with Gasteiger partial charge in [-0.25, -0.2) is 0 Å². The van der Waals surface area contributed by atoms with E-state index in [1.807, 2.05) is 36.4 Å². The van der Waals surface area contributed by atoms with Gasteiger partial charge in [0.05, 0.1) is 17.6 Å². The summed E-state index contributed by atoms with van der Waals surface area (Å²) in [5.74, 6) is -0.0980. The number of likely N-dealkylation sites (tertiary alicyclic amines) is 1. The van der Waals surface area contributed by atoms with Crippen molar-refractivity contribution in [2.45, 2.75) is 38.9 Å². The number of likely N-dealkylation sites (N-methyl/N-ethyl adjacent to an activating group) is 1. The van der Waals surface area contributed by atoms with Crippen molar-refractivity contribution in [1.29, 1.82) is 0 Å². The Kier molecular flexibility index (Phi) is 6.89. The molecule has 1 aliphatic rings. The largest absolute Gasteiger partial charge is 0.350 e. The van der Waals surface area contributed by atoms with Gasteiger partial charge in [-0.15, -0.1) is 6.58 Å². The molecule has 1 aliphatic heterocycles. The summed E-state index contributed by atoms with van der Waals surface area (Å²) >= 11 is 0. The molecule has 33 heavy (non-hydrogen) atoms. The van der Waals surface area contributed by atoms with Crippen LogP contribution >= 0.6 is 0 Å². The maximum Gasteiger partial charge on any atom is 0.317 e. The third-order valence-electron chi connectivity index (χ3n) is 6.41. The molecule has 2 heterocycles. The Bertz CT molecular complexity index is 1270. The predicted molar refractivity (Wildman–Crippen MR) is 131 cm³/mol. The quantitative estimate of drug-likeness (QED) is 0.426. The van der Waals surface area contributed by atoms with E-state index in [-0.39, 0.29) is 19.0 Å². The summed E-state index contributed by atoms with van der Waals surface area (Å²) in [5.41, 5.74) is 1.65. The highest BCUT2D eigenvalue weighted by molar-refractivity contribution is 5.94. The highest BCUT2D eigenvalue weighted by Crippen LogP contribution is 2.16. The number of nitrogens with one attached hydrogen (secondary N) is 1. The Labute approximate surface area is 193 Å². The van der Waals surface area contributed by atoms with Crippen LogP contribution in [0.4, 0.5) is 0 Å². The number of aromatic nitrogens is 2. The van der Waals surface area contributed by atoms with Gasteiger partial charge in [0.1, 0.15) is 0 Å². The van der Waals surface area contributed by atoms with E-state index in [1.165, 1.54) is 15.6 Å². The van der Waals surface area contributed by atoms with Gasteiger partial charge in [-0.1, -0.05) is 37.3 Å². The fraction of sp³-hybridized carbons (Fsp3) is 0.346. The molecule has 7 nitrogen and oxygen atoms in total. The molecule has 1 saturated heterocycles. The molecule has 0 radical (unpaired) electrons. The summed E-state index contributed by atoms with van der Waals surface area (Å²) in [4.78, 5) is 40.5. The number of carbonyl (C=O) groups excluding carboxylic acids is 1. The van der Waals surface area contributed by atoms with Gasteiger partial charge < -0.3 is 5.32 Å². The molecule has 0 spiro atoms. The van der Waals surface area contributed by atoms with Crippen molar-refractivity contribution in [3.05, 3.63) is 93.0 Å². The molecule has 2 aromatic carbocycles. The zero-order valence-corrected chi connectivity index (χ0v) is 19.0. The first-order chi connectivity index (χ1) is 16.0. The highest BCUT2D eigenvalue weighted by atomic mass is 16.2. The minimum absolute atomic E-state index is 0.0980. The minimum atomic E-state index is -0.575. The highest BCUT2D eigenvalue weighted by Gasteiger charge is 2.23. The molecule has 0 unspecified atom stereocenters. The summed E-state index contributed by atoms with van der Waals surface area (Å²) in [5, 5.41) is 3.05. The summed E-state index contributed by atoms with van der Waals surface area (Å²) in [7, 11) is 0. The number of carbonyl (C=O) groups is 1. The van der Waals surface area contributed by atoms with E-state index < -0.39 is 11.1 Å². The van der Waals surface area contributed by atoms with Crippen LogP contribution in [0.3, 0.4) is 0 Å². The van der Waals surface area contributed by atoms with Crippen LogP contribution in [0, 0.1) is 0 Å². The number of nitrogens with zero attached hydrogens (tertiary/aromatic N) is 3. The lowest BCUT2D eigenvalue weighted by molar-refractivity contribution is 0.0941. The van der Waals surface area contributed by atoms with Crippen LogP contribution in [0.15, 0.2) is 70.8 Å². The number of para-hydroxylation sites is 2. The maximum atomic E-state index is 12.8. The zero-order chi connectivity index (χ0) is 23.4. The van der Waals surface area contributed by atoms with Crippen molar-refractivity contribution in [2.24, 2.45) is 0 Å². The molecule has 1 N–H and O–H groups in total. The molecular weight excluding hydrogens is 416 g/mol. The van der Waals surface area contributed by atoms with Gasteiger partial charge >= 0.3 is 11.1 Å². The van der Waals surface area contributed by atoms with Crippen molar-refractivity contribution >= 4 is 16.9 Å². The second-order valence-corrected chi connectivity index (χ2v) is 8.42. The lowest BCUT2D eigenvalue weighted by Gasteiger charge is -2.22. The number of allylic oxidation sites excluding steroid dienone is 1. The second-order valence-electron chi connectivity index (χ2n) is 8.42. The van der Waals surface area contributed by atoms with E-state index in [1.54, 1.807) is 18.2 Å². The molecule has 0 saturated carbocycles. The second kappa shape index (κ2) is 10.0. The molecule has 0 aliphatic carbocycles. The van der Waals surface area contributed by atoms with Gasteiger partial charge in [-0.2, -0.15) is 0 Å². The first-order valence-electron chi connectivity index (χ1n) is 11.5. The van der Waals surface area contributed by atoms with Crippen LogP contribution in [0.1, 0.15) is 35.7 Å². The minimum Gasteiger partial charge on any atom is -0.350 e. The fourth-order valence-electron chi connectivity index (χ4n) is 4.64. The Morgan fingerprint density at radius 3 is 2.39 bits per heavy atom. The first kappa shape index (κ1) is 22.7. The number of amides is 1. The molecule has 4 rings (SSSR count). The lowest BCUT2D eigenvalue weighted by atomic mass is 10.1. The molecule has 1 aromatic heterocycles. The molecule has 1 atom stereocenters. The average molecular weight is 447 g/mol. The monoisotopic (exact) mass is 446 g/mol. The van der Waals surface area contributed by atoms with Gasteiger partial charge in [0.15, 0.2) is 0 Å². The zero-order valence-electron chi connectivity index (χ0n) is 19.0. The van der Waals surface area contributed by atoms with Gasteiger partial charge in [-0.3, -0.25) is 28.4 Å². The average Bonchev–Trinajstić information content (AvgIpc) is 3.31. The van der Waals surface area contributed by atoms with Crippen LogP contribution in [-0.2, 0) is 13.1 Å². The summed E-state index contributed by atoms with van der Waals surface area (Å²) in [6.07, 6.45) is 3.89. The van der Waals surface area contributed by atoms with Gasteiger partial charge in [0, 0.05) is 24.7 Å². The maximum absolute atomic E-state index is 12.8. The summed E-state index contributed by atoms with van der Waals surface area (Å²) < 4.78 is 2.93. The third-order valence-corrected chi connectivity index (χ3v) is 6.41.